The van der Waals surface area contributed by atoms with Gasteiger partial charge in [0, 0.05) is 12.8 Å². The van der Waals surface area contributed by atoms with Crippen molar-refractivity contribution < 1.29 is 24.2 Å². The van der Waals surface area contributed by atoms with Gasteiger partial charge in [-0.05, 0) is 30.5 Å². The van der Waals surface area contributed by atoms with E-state index in [-0.39, 0.29) is 19.0 Å². The molecule has 1 aromatic rings. The van der Waals surface area contributed by atoms with Crippen molar-refractivity contribution in [2.24, 2.45) is 0 Å². The van der Waals surface area contributed by atoms with Crippen molar-refractivity contribution in [1.82, 2.24) is 0 Å². The molecule has 0 unspecified atom stereocenters. The summed E-state index contributed by atoms with van der Waals surface area (Å²) in [6.45, 7) is 0.322. The molecule has 0 saturated carbocycles. The van der Waals surface area contributed by atoms with Gasteiger partial charge in [0.15, 0.2) is 0 Å². The number of nitrogens with zero attached hydrogens (tertiary/aromatic N) is 1. The van der Waals surface area contributed by atoms with Crippen LogP contribution in [0.3, 0.4) is 0 Å². The van der Waals surface area contributed by atoms with Crippen molar-refractivity contribution in [1.29, 1.82) is 0 Å². The second-order valence-electron chi connectivity index (χ2n) is 4.33. The first-order valence-electron chi connectivity index (χ1n) is 6.67. The Morgan fingerprint density at radius 1 is 1.19 bits per heavy atom. The summed E-state index contributed by atoms with van der Waals surface area (Å²) in [4.78, 5) is 25.5. The van der Waals surface area contributed by atoms with Crippen LogP contribution in [-0.4, -0.2) is 31.4 Å². The van der Waals surface area contributed by atoms with Crippen LogP contribution in [0.25, 0.3) is 0 Å². The normalized spacial score (nSPS) is 9.95. The zero-order valence-electron chi connectivity index (χ0n) is 11.9. The van der Waals surface area contributed by atoms with E-state index in [4.69, 9.17) is 9.47 Å². The van der Waals surface area contributed by atoms with Gasteiger partial charge in [-0.25, -0.2) is 0 Å². The minimum absolute atomic E-state index is 0.00608. The summed E-state index contributed by atoms with van der Waals surface area (Å²) in [5.41, 5.74) is 1.06. The highest BCUT2D eigenvalue weighted by Crippen LogP contribution is 2.11. The van der Waals surface area contributed by atoms with Crippen molar-refractivity contribution in [3.8, 4) is 5.75 Å². The maximum absolute atomic E-state index is 11.4. The van der Waals surface area contributed by atoms with Crippen LogP contribution < -0.4 is 4.74 Å². The molecule has 1 aromatic carbocycles. The zero-order valence-corrected chi connectivity index (χ0v) is 11.9. The fourth-order valence-corrected chi connectivity index (χ4v) is 1.66. The van der Waals surface area contributed by atoms with Crippen LogP contribution in [0, 0.1) is 10.1 Å². The van der Waals surface area contributed by atoms with Crippen molar-refractivity contribution in [2.75, 3.05) is 20.3 Å². The number of ether oxygens (including phenoxy) is 2. The maximum Gasteiger partial charge on any atom is 0.305 e. The van der Waals surface area contributed by atoms with E-state index in [0.717, 1.165) is 11.3 Å². The number of unbranched alkanes of at least 4 members (excludes halogenated alkanes) is 1. The van der Waals surface area contributed by atoms with E-state index in [1.807, 2.05) is 24.3 Å². The van der Waals surface area contributed by atoms with Gasteiger partial charge in [0.2, 0.25) is 0 Å². The fraction of sp³-hybridized carbons (Fsp3) is 0.500. The lowest BCUT2D eigenvalue weighted by Gasteiger charge is -2.06. The van der Waals surface area contributed by atoms with Gasteiger partial charge < -0.3 is 14.3 Å². The lowest BCUT2D eigenvalue weighted by molar-refractivity contribution is -0.757. The molecule has 7 heteroatoms. The van der Waals surface area contributed by atoms with E-state index in [1.54, 1.807) is 7.11 Å². The minimum atomic E-state index is -0.840. The van der Waals surface area contributed by atoms with Crippen LogP contribution in [0.2, 0.25) is 0 Å². The number of rotatable bonds is 10. The summed E-state index contributed by atoms with van der Waals surface area (Å²) in [6, 6.07) is 7.54. The van der Waals surface area contributed by atoms with Gasteiger partial charge in [-0.3, -0.25) is 4.79 Å². The Kier molecular flexibility index (Phi) is 7.63. The van der Waals surface area contributed by atoms with Crippen molar-refractivity contribution in [3.05, 3.63) is 39.9 Å². The molecule has 0 saturated heterocycles. The molecule has 0 aliphatic carbocycles. The van der Waals surface area contributed by atoms with E-state index < -0.39 is 5.09 Å². The largest absolute Gasteiger partial charge is 0.497 e. The average molecular weight is 297 g/mol. The van der Waals surface area contributed by atoms with E-state index >= 15 is 0 Å². The predicted molar refractivity (Wildman–Crippen MR) is 74.5 cm³/mol. The number of hydrogen-bond acceptors (Lipinski definition) is 6. The predicted octanol–water partition coefficient (Wildman–Crippen LogP) is 2.16. The monoisotopic (exact) mass is 297 g/mol. The van der Waals surface area contributed by atoms with Crippen LogP contribution >= 0.6 is 0 Å². The second-order valence-corrected chi connectivity index (χ2v) is 4.33. The van der Waals surface area contributed by atoms with Gasteiger partial charge in [0.05, 0.1) is 20.3 Å². The van der Waals surface area contributed by atoms with Gasteiger partial charge in [-0.1, -0.05) is 12.1 Å². The SMILES string of the molecule is COc1ccc(CCOC(=O)CCCCO[N+](=O)[O-])cc1. The summed E-state index contributed by atoms with van der Waals surface area (Å²) >= 11 is 0. The van der Waals surface area contributed by atoms with Crippen LogP contribution in [0.15, 0.2) is 24.3 Å². The van der Waals surface area contributed by atoms with E-state index in [1.165, 1.54) is 0 Å². The molecule has 7 nitrogen and oxygen atoms in total. The molecule has 0 aliphatic rings. The smallest absolute Gasteiger partial charge is 0.305 e. The number of benzene rings is 1. The lowest BCUT2D eigenvalue weighted by atomic mass is 10.1. The first kappa shape index (κ1) is 16.7. The fourth-order valence-electron chi connectivity index (χ4n) is 1.66. The molecule has 1 rings (SSSR count). The standard InChI is InChI=1S/C14H19NO6/c1-19-13-7-5-12(6-8-13)9-11-20-14(16)4-2-3-10-21-15(17)18/h5-8H,2-4,9-11H2,1H3. The highest BCUT2D eigenvalue weighted by Gasteiger charge is 2.04. The molecular weight excluding hydrogens is 278 g/mol. The quantitative estimate of drug-likeness (QED) is 0.284. The molecule has 0 bridgehead atoms. The van der Waals surface area contributed by atoms with Crippen molar-refractivity contribution in [3.63, 3.8) is 0 Å². The number of carbonyl (C=O) groups is 1. The highest BCUT2D eigenvalue weighted by molar-refractivity contribution is 5.69. The summed E-state index contributed by atoms with van der Waals surface area (Å²) in [5, 5.41) is 9.06. The molecule has 21 heavy (non-hydrogen) atoms. The number of carbonyl (C=O) groups excluding carboxylic acids is 1. The third-order valence-electron chi connectivity index (χ3n) is 2.78. The molecule has 0 radical (unpaired) electrons. The number of esters is 1. The zero-order chi connectivity index (χ0) is 15.5. The second kappa shape index (κ2) is 9.57. The first-order chi connectivity index (χ1) is 10.1. The summed E-state index contributed by atoms with van der Waals surface area (Å²) in [5.74, 6) is 0.484. The Morgan fingerprint density at radius 3 is 2.52 bits per heavy atom. The van der Waals surface area contributed by atoms with Crippen LogP contribution in [0.1, 0.15) is 24.8 Å². The molecule has 0 aliphatic heterocycles. The topological polar surface area (TPSA) is 87.9 Å². The molecule has 0 fully saturated rings. The van der Waals surface area contributed by atoms with Crippen LogP contribution in [-0.2, 0) is 20.8 Å². The Bertz CT molecular complexity index is 445. The molecular formula is C14H19NO6. The maximum atomic E-state index is 11.4. The van der Waals surface area contributed by atoms with Gasteiger partial charge >= 0.3 is 5.97 Å². The third-order valence-corrected chi connectivity index (χ3v) is 2.78. The average Bonchev–Trinajstić information content (AvgIpc) is 2.47. The first-order valence-corrected chi connectivity index (χ1v) is 6.67. The van der Waals surface area contributed by atoms with E-state index in [2.05, 4.69) is 4.84 Å². The van der Waals surface area contributed by atoms with Crippen LogP contribution in [0.5, 0.6) is 5.75 Å². The summed E-state index contributed by atoms with van der Waals surface area (Å²) in [6.07, 6.45) is 1.84. The Balaban J connectivity index is 2.08. The van der Waals surface area contributed by atoms with Crippen LogP contribution in [0.4, 0.5) is 0 Å². The third kappa shape index (κ3) is 7.76. The van der Waals surface area contributed by atoms with E-state index in [9.17, 15) is 14.9 Å². The van der Waals surface area contributed by atoms with Gasteiger partial charge in [0.25, 0.3) is 5.09 Å². The van der Waals surface area contributed by atoms with Gasteiger partial charge in [0.1, 0.15) is 5.75 Å². The Morgan fingerprint density at radius 2 is 1.90 bits per heavy atom. The number of methoxy groups -OCH3 is 1. The molecule has 0 N–H and O–H groups in total. The Hall–Kier alpha value is -2.31. The summed E-state index contributed by atoms with van der Waals surface area (Å²) in [7, 11) is 1.60. The van der Waals surface area contributed by atoms with Crippen molar-refractivity contribution >= 4 is 5.97 Å². The summed E-state index contributed by atoms with van der Waals surface area (Å²) < 4.78 is 10.1. The number of hydrogen-bond donors (Lipinski definition) is 0. The molecule has 0 amide bonds. The highest BCUT2D eigenvalue weighted by atomic mass is 16.9. The molecule has 0 spiro atoms. The van der Waals surface area contributed by atoms with E-state index in [0.29, 0.717) is 25.9 Å². The van der Waals surface area contributed by atoms with Crippen molar-refractivity contribution in [2.45, 2.75) is 25.7 Å². The molecule has 0 heterocycles. The molecule has 0 atom stereocenters. The van der Waals surface area contributed by atoms with Gasteiger partial charge in [-0.15, -0.1) is 10.1 Å². The molecule has 116 valence electrons. The van der Waals surface area contributed by atoms with Gasteiger partial charge in [-0.2, -0.15) is 0 Å². The molecule has 0 aromatic heterocycles. The lowest BCUT2D eigenvalue weighted by Crippen LogP contribution is -2.08. The Labute approximate surface area is 122 Å². The minimum Gasteiger partial charge on any atom is -0.497 e.